The van der Waals surface area contributed by atoms with Gasteiger partial charge in [-0.15, -0.1) is 0 Å². The normalized spacial score (nSPS) is 13.6. The van der Waals surface area contributed by atoms with Crippen LogP contribution >= 0.6 is 0 Å². The molecule has 5 nitrogen and oxygen atoms in total. The fourth-order valence-corrected chi connectivity index (χ4v) is 2.62. The van der Waals surface area contributed by atoms with Crippen LogP contribution < -0.4 is 11.1 Å². The number of carbonyl (C=O) groups is 1. The molecule has 22 heavy (non-hydrogen) atoms. The minimum atomic E-state index is -0.407. The summed E-state index contributed by atoms with van der Waals surface area (Å²) in [5.41, 5.74) is 2.41. The third-order valence-electron chi connectivity index (χ3n) is 3.86. The van der Waals surface area contributed by atoms with Crippen molar-refractivity contribution in [1.82, 2.24) is 9.97 Å². The molecule has 0 radical (unpaired) electrons. The van der Waals surface area contributed by atoms with Crippen LogP contribution in [0.25, 0.3) is 0 Å². The highest BCUT2D eigenvalue weighted by Gasteiger charge is 2.23. The summed E-state index contributed by atoms with van der Waals surface area (Å²) in [5, 5.41) is 0. The average Bonchev–Trinajstić information content (AvgIpc) is 2.42. The lowest BCUT2D eigenvalue weighted by Crippen LogP contribution is -2.20. The molecule has 0 amide bonds. The van der Waals surface area contributed by atoms with Gasteiger partial charge in [0, 0.05) is 35.4 Å². The van der Waals surface area contributed by atoms with Gasteiger partial charge in [0.1, 0.15) is 5.78 Å². The third-order valence-corrected chi connectivity index (χ3v) is 3.86. The van der Waals surface area contributed by atoms with E-state index < -0.39 is 11.8 Å². The van der Waals surface area contributed by atoms with Gasteiger partial charge >= 0.3 is 0 Å². The van der Waals surface area contributed by atoms with Gasteiger partial charge in [0.25, 0.3) is 0 Å². The maximum absolute atomic E-state index is 12.7. The Morgan fingerprint density at radius 2 is 1.18 bits per heavy atom. The molecule has 2 aromatic rings. The molecule has 0 aliphatic carbocycles. The summed E-state index contributed by atoms with van der Waals surface area (Å²) in [6, 6.07) is 6.51. The fourth-order valence-electron chi connectivity index (χ4n) is 2.62. The fraction of sp³-hybridized carbons (Fsp3) is 0.353. The molecule has 2 heterocycles. The van der Waals surface area contributed by atoms with Crippen LogP contribution in [0, 0.1) is 13.8 Å². The SMILES string of the molecule is Cc1cc(C(C)C(=O)C(C)c2cc(C)[nH]c(=O)c2)cc(=O)[nH]1. The number of aromatic nitrogens is 2. The minimum Gasteiger partial charge on any atom is -0.326 e. The molecule has 0 bridgehead atoms. The van der Waals surface area contributed by atoms with E-state index in [2.05, 4.69) is 9.97 Å². The van der Waals surface area contributed by atoms with Gasteiger partial charge in [-0.2, -0.15) is 0 Å². The number of aromatic amines is 2. The Bertz CT molecular complexity index is 750. The second-order valence-electron chi connectivity index (χ2n) is 5.77. The lowest BCUT2D eigenvalue weighted by atomic mass is 9.86. The lowest BCUT2D eigenvalue weighted by Gasteiger charge is -2.17. The van der Waals surface area contributed by atoms with E-state index in [0.717, 1.165) is 11.4 Å². The van der Waals surface area contributed by atoms with Gasteiger partial charge in [-0.05, 0) is 37.1 Å². The number of aryl methyl sites for hydroxylation is 2. The molecule has 0 aliphatic heterocycles. The number of ketones is 1. The molecule has 116 valence electrons. The number of Topliss-reactive ketones (excluding diaryl/α,β-unsaturated/α-hetero) is 1. The van der Waals surface area contributed by atoms with Crippen molar-refractivity contribution < 1.29 is 4.79 Å². The van der Waals surface area contributed by atoms with Gasteiger partial charge in [-0.3, -0.25) is 14.4 Å². The van der Waals surface area contributed by atoms with Crippen molar-refractivity contribution in [1.29, 1.82) is 0 Å². The predicted molar refractivity (Wildman–Crippen MR) is 85.4 cm³/mol. The Morgan fingerprint density at radius 1 is 0.818 bits per heavy atom. The van der Waals surface area contributed by atoms with Crippen LogP contribution in [0.5, 0.6) is 0 Å². The minimum absolute atomic E-state index is 0.0185. The Kier molecular flexibility index (Phi) is 4.45. The van der Waals surface area contributed by atoms with Gasteiger partial charge in [-0.25, -0.2) is 0 Å². The zero-order valence-electron chi connectivity index (χ0n) is 13.2. The predicted octanol–water partition coefficient (Wildman–Crippen LogP) is 2.16. The molecular formula is C17H20N2O3. The smallest absolute Gasteiger partial charge is 0.248 e. The molecule has 2 unspecified atom stereocenters. The highest BCUT2D eigenvalue weighted by Crippen LogP contribution is 2.25. The molecule has 2 aromatic heterocycles. The van der Waals surface area contributed by atoms with Gasteiger partial charge in [-0.1, -0.05) is 13.8 Å². The van der Waals surface area contributed by atoms with E-state index >= 15 is 0 Å². The highest BCUT2D eigenvalue weighted by molar-refractivity contribution is 5.91. The molecule has 0 saturated heterocycles. The summed E-state index contributed by atoms with van der Waals surface area (Å²) in [7, 11) is 0. The maximum atomic E-state index is 12.7. The summed E-state index contributed by atoms with van der Waals surface area (Å²) in [4.78, 5) is 41.1. The lowest BCUT2D eigenvalue weighted by molar-refractivity contribution is -0.121. The zero-order valence-corrected chi connectivity index (χ0v) is 13.2. The molecule has 0 aromatic carbocycles. The number of pyridine rings is 2. The van der Waals surface area contributed by atoms with Crippen molar-refractivity contribution in [3.05, 3.63) is 67.5 Å². The molecule has 2 rings (SSSR count). The summed E-state index contributed by atoms with van der Waals surface area (Å²) < 4.78 is 0. The molecular weight excluding hydrogens is 280 g/mol. The Morgan fingerprint density at radius 3 is 1.50 bits per heavy atom. The van der Waals surface area contributed by atoms with Crippen LogP contribution in [-0.4, -0.2) is 15.8 Å². The number of hydrogen-bond acceptors (Lipinski definition) is 3. The summed E-state index contributed by atoms with van der Waals surface area (Å²) in [6.07, 6.45) is 0. The van der Waals surface area contributed by atoms with Gasteiger partial charge in [0.15, 0.2) is 0 Å². The van der Waals surface area contributed by atoms with E-state index in [1.165, 1.54) is 12.1 Å². The van der Waals surface area contributed by atoms with Crippen molar-refractivity contribution >= 4 is 5.78 Å². The van der Waals surface area contributed by atoms with Crippen LogP contribution in [0.15, 0.2) is 33.9 Å². The van der Waals surface area contributed by atoms with E-state index in [1.807, 2.05) is 0 Å². The molecule has 5 heteroatoms. The topological polar surface area (TPSA) is 82.8 Å². The molecule has 0 saturated carbocycles. The van der Waals surface area contributed by atoms with Crippen LogP contribution in [-0.2, 0) is 4.79 Å². The second-order valence-corrected chi connectivity index (χ2v) is 5.77. The van der Waals surface area contributed by atoms with E-state index in [1.54, 1.807) is 39.8 Å². The quantitative estimate of drug-likeness (QED) is 0.907. The number of nitrogens with one attached hydrogen (secondary N) is 2. The summed E-state index contributed by atoms with van der Waals surface area (Å²) in [6.45, 7) is 7.14. The Balaban J connectivity index is 2.33. The van der Waals surface area contributed by atoms with Crippen molar-refractivity contribution in [3.8, 4) is 0 Å². The molecule has 2 N–H and O–H groups in total. The molecule has 0 spiro atoms. The number of carbonyl (C=O) groups excluding carboxylic acids is 1. The standard InChI is InChI=1S/C17H20N2O3/c1-9-5-13(7-15(20)18-9)11(3)17(22)12(4)14-6-10(2)19-16(21)8-14/h5-8,11-12H,1-4H3,(H,18,20)(H,19,21). The summed E-state index contributed by atoms with van der Waals surface area (Å²) >= 11 is 0. The Labute approximate surface area is 128 Å². The molecule has 0 aliphatic rings. The first-order valence-electron chi connectivity index (χ1n) is 7.23. The number of hydrogen-bond donors (Lipinski definition) is 2. The zero-order chi connectivity index (χ0) is 16.4. The van der Waals surface area contributed by atoms with Crippen LogP contribution in [0.1, 0.15) is 48.2 Å². The van der Waals surface area contributed by atoms with Crippen molar-refractivity contribution in [3.63, 3.8) is 0 Å². The van der Waals surface area contributed by atoms with Gasteiger partial charge in [0.05, 0.1) is 0 Å². The van der Waals surface area contributed by atoms with Gasteiger partial charge < -0.3 is 9.97 Å². The number of H-pyrrole nitrogens is 2. The first-order chi connectivity index (χ1) is 10.3. The first kappa shape index (κ1) is 15.9. The van der Waals surface area contributed by atoms with Crippen LogP contribution in [0.4, 0.5) is 0 Å². The highest BCUT2D eigenvalue weighted by atomic mass is 16.1. The Hall–Kier alpha value is -2.43. The van der Waals surface area contributed by atoms with Crippen molar-refractivity contribution in [2.75, 3.05) is 0 Å². The van der Waals surface area contributed by atoms with E-state index in [-0.39, 0.29) is 16.9 Å². The van der Waals surface area contributed by atoms with E-state index in [4.69, 9.17) is 0 Å². The van der Waals surface area contributed by atoms with Crippen LogP contribution in [0.3, 0.4) is 0 Å². The van der Waals surface area contributed by atoms with Gasteiger partial charge in [0.2, 0.25) is 11.1 Å². The second kappa shape index (κ2) is 6.13. The third kappa shape index (κ3) is 3.42. The van der Waals surface area contributed by atoms with Crippen molar-refractivity contribution in [2.45, 2.75) is 39.5 Å². The van der Waals surface area contributed by atoms with E-state index in [9.17, 15) is 14.4 Å². The number of rotatable bonds is 4. The largest absolute Gasteiger partial charge is 0.326 e. The molecule has 2 atom stereocenters. The maximum Gasteiger partial charge on any atom is 0.248 e. The summed E-state index contributed by atoms with van der Waals surface area (Å²) in [5.74, 6) is -0.832. The van der Waals surface area contributed by atoms with Crippen LogP contribution in [0.2, 0.25) is 0 Å². The van der Waals surface area contributed by atoms with Crippen molar-refractivity contribution in [2.24, 2.45) is 0 Å². The first-order valence-corrected chi connectivity index (χ1v) is 7.23. The monoisotopic (exact) mass is 300 g/mol. The van der Waals surface area contributed by atoms with E-state index in [0.29, 0.717) is 11.1 Å². The molecule has 0 fully saturated rings. The average molecular weight is 300 g/mol.